The number of hydrogen-bond donors (Lipinski definition) is 2. The van der Waals surface area contributed by atoms with Crippen molar-refractivity contribution in [3.63, 3.8) is 0 Å². The van der Waals surface area contributed by atoms with Crippen LogP contribution in [0, 0.1) is 0 Å². The van der Waals surface area contributed by atoms with Gasteiger partial charge in [0.2, 0.25) is 0 Å². The lowest BCUT2D eigenvalue weighted by atomic mass is 10.2. The van der Waals surface area contributed by atoms with Gasteiger partial charge in [-0.05, 0) is 50.3 Å². The van der Waals surface area contributed by atoms with Gasteiger partial charge in [-0.3, -0.25) is 10.1 Å². The summed E-state index contributed by atoms with van der Waals surface area (Å²) in [6, 6.07) is 16.7. The van der Waals surface area contributed by atoms with E-state index in [1.54, 1.807) is 18.2 Å². The molecule has 0 saturated heterocycles. The molecule has 0 bridgehead atoms. The molecule has 0 heterocycles. The lowest BCUT2D eigenvalue weighted by Crippen LogP contribution is -2.42. The number of rotatable bonds is 7. The maximum absolute atomic E-state index is 12.4. The molecule has 0 aromatic heterocycles. The van der Waals surface area contributed by atoms with Crippen molar-refractivity contribution in [3.8, 4) is 11.5 Å². The first-order chi connectivity index (χ1) is 12.1. The zero-order valence-corrected chi connectivity index (χ0v) is 15.1. The third kappa shape index (κ3) is 6.43. The summed E-state index contributed by atoms with van der Waals surface area (Å²) in [7, 11) is 0. The van der Waals surface area contributed by atoms with Gasteiger partial charge in [0.1, 0.15) is 24.7 Å². The number of nitrogens with one attached hydrogen (secondary N) is 2. The lowest BCUT2D eigenvalue weighted by molar-refractivity contribution is 0.0971. The third-order valence-electron chi connectivity index (χ3n) is 3.13. The number of carbonyl (C=O) groups is 1. The number of ether oxygens (including phenoxy) is 2. The first kappa shape index (κ1) is 18.7. The summed E-state index contributed by atoms with van der Waals surface area (Å²) < 4.78 is 11.3. The van der Waals surface area contributed by atoms with Crippen LogP contribution in [0.4, 0.5) is 0 Å². The van der Waals surface area contributed by atoms with Crippen molar-refractivity contribution >= 4 is 23.2 Å². The van der Waals surface area contributed by atoms with E-state index in [2.05, 4.69) is 10.6 Å². The van der Waals surface area contributed by atoms with Gasteiger partial charge in [0, 0.05) is 6.04 Å². The van der Waals surface area contributed by atoms with Crippen LogP contribution in [0.15, 0.2) is 54.6 Å². The molecular formula is C19H22N2O3S. The molecule has 5 nitrogen and oxygen atoms in total. The van der Waals surface area contributed by atoms with Crippen LogP contribution in [0.5, 0.6) is 11.5 Å². The van der Waals surface area contributed by atoms with Gasteiger partial charge in [-0.25, -0.2) is 0 Å². The van der Waals surface area contributed by atoms with Crippen LogP contribution in [0.25, 0.3) is 0 Å². The van der Waals surface area contributed by atoms with E-state index in [4.69, 9.17) is 21.7 Å². The Morgan fingerprint density at radius 3 is 2.36 bits per heavy atom. The Morgan fingerprint density at radius 1 is 1.00 bits per heavy atom. The zero-order chi connectivity index (χ0) is 18.1. The Hall–Kier alpha value is -2.60. The molecule has 0 fully saturated rings. The normalized spacial score (nSPS) is 10.2. The van der Waals surface area contributed by atoms with Gasteiger partial charge in [-0.15, -0.1) is 0 Å². The van der Waals surface area contributed by atoms with Crippen molar-refractivity contribution in [1.82, 2.24) is 10.6 Å². The second-order valence-electron chi connectivity index (χ2n) is 5.59. The van der Waals surface area contributed by atoms with Crippen molar-refractivity contribution in [2.24, 2.45) is 0 Å². The lowest BCUT2D eigenvalue weighted by Gasteiger charge is -2.14. The van der Waals surface area contributed by atoms with Crippen LogP contribution in [-0.4, -0.2) is 30.3 Å². The van der Waals surface area contributed by atoms with Crippen molar-refractivity contribution in [2.45, 2.75) is 19.9 Å². The monoisotopic (exact) mass is 358 g/mol. The number of benzene rings is 2. The molecule has 0 atom stereocenters. The van der Waals surface area contributed by atoms with E-state index < -0.39 is 0 Å². The highest BCUT2D eigenvalue weighted by molar-refractivity contribution is 7.80. The minimum Gasteiger partial charge on any atom is -0.490 e. The number of carbonyl (C=O) groups excluding carboxylic acids is 1. The Morgan fingerprint density at radius 2 is 1.64 bits per heavy atom. The molecule has 0 unspecified atom stereocenters. The molecule has 0 aliphatic heterocycles. The molecule has 2 aromatic rings. The fourth-order valence-electron chi connectivity index (χ4n) is 2.08. The maximum atomic E-state index is 12.4. The third-order valence-corrected chi connectivity index (χ3v) is 3.35. The maximum Gasteiger partial charge on any atom is 0.261 e. The number of hydrogen-bond acceptors (Lipinski definition) is 4. The van der Waals surface area contributed by atoms with Gasteiger partial charge < -0.3 is 14.8 Å². The van der Waals surface area contributed by atoms with E-state index in [9.17, 15) is 4.79 Å². The fraction of sp³-hybridized carbons (Fsp3) is 0.263. The molecule has 6 heteroatoms. The predicted octanol–water partition coefficient (Wildman–Crippen LogP) is 3.16. The molecule has 132 valence electrons. The molecule has 2 rings (SSSR count). The first-order valence-corrected chi connectivity index (χ1v) is 8.48. The number of thiocarbonyl (C=S) groups is 1. The minimum absolute atomic E-state index is 0.148. The molecule has 2 aromatic carbocycles. The van der Waals surface area contributed by atoms with E-state index in [0.717, 1.165) is 5.75 Å². The number of para-hydroxylation sites is 2. The zero-order valence-electron chi connectivity index (χ0n) is 14.3. The summed E-state index contributed by atoms with van der Waals surface area (Å²) >= 11 is 5.11. The van der Waals surface area contributed by atoms with Crippen molar-refractivity contribution in [2.75, 3.05) is 13.2 Å². The second kappa shape index (κ2) is 9.64. The van der Waals surface area contributed by atoms with Gasteiger partial charge in [-0.2, -0.15) is 0 Å². The van der Waals surface area contributed by atoms with Crippen LogP contribution in [-0.2, 0) is 0 Å². The molecule has 0 aliphatic rings. The van der Waals surface area contributed by atoms with E-state index in [-0.39, 0.29) is 11.9 Å². The molecule has 0 spiro atoms. The summed E-state index contributed by atoms with van der Waals surface area (Å²) in [5, 5.41) is 5.92. The van der Waals surface area contributed by atoms with Gasteiger partial charge in [0.15, 0.2) is 5.11 Å². The van der Waals surface area contributed by atoms with Gasteiger partial charge in [0.25, 0.3) is 5.91 Å². The Kier molecular flexibility index (Phi) is 7.22. The number of amides is 1. The topological polar surface area (TPSA) is 59.6 Å². The average molecular weight is 358 g/mol. The molecule has 0 aliphatic carbocycles. The highest BCUT2D eigenvalue weighted by Crippen LogP contribution is 2.18. The summed E-state index contributed by atoms with van der Waals surface area (Å²) in [4.78, 5) is 12.4. The van der Waals surface area contributed by atoms with Gasteiger partial charge in [0.05, 0.1) is 5.56 Å². The molecule has 25 heavy (non-hydrogen) atoms. The Bertz CT molecular complexity index is 705. The summed E-state index contributed by atoms with van der Waals surface area (Å²) in [6.45, 7) is 4.60. The summed E-state index contributed by atoms with van der Waals surface area (Å²) in [5.41, 5.74) is 0.426. The van der Waals surface area contributed by atoms with Crippen LogP contribution in [0.1, 0.15) is 24.2 Å². The van der Waals surface area contributed by atoms with Crippen LogP contribution in [0.3, 0.4) is 0 Å². The average Bonchev–Trinajstić information content (AvgIpc) is 2.59. The summed E-state index contributed by atoms with van der Waals surface area (Å²) in [5.74, 6) is 0.962. The largest absolute Gasteiger partial charge is 0.490 e. The molecule has 1 amide bonds. The standard InChI is InChI=1S/C19H22N2O3S/c1-14(2)20-19(25)21-18(22)16-10-6-7-11-17(16)24-13-12-23-15-8-4-3-5-9-15/h3-11,14H,12-13H2,1-2H3,(H2,20,21,22,25). The Balaban J connectivity index is 1.89. The molecule has 0 radical (unpaired) electrons. The quantitative estimate of drug-likeness (QED) is 0.588. The molecule has 0 saturated carbocycles. The van der Waals surface area contributed by atoms with Crippen molar-refractivity contribution in [3.05, 3.63) is 60.2 Å². The van der Waals surface area contributed by atoms with E-state index >= 15 is 0 Å². The van der Waals surface area contributed by atoms with Gasteiger partial charge in [-0.1, -0.05) is 30.3 Å². The SMILES string of the molecule is CC(C)NC(=S)NC(=O)c1ccccc1OCCOc1ccccc1. The first-order valence-electron chi connectivity index (χ1n) is 8.08. The molecule has 2 N–H and O–H groups in total. The highest BCUT2D eigenvalue weighted by Gasteiger charge is 2.13. The van der Waals surface area contributed by atoms with Crippen molar-refractivity contribution < 1.29 is 14.3 Å². The summed E-state index contributed by atoms with van der Waals surface area (Å²) in [6.07, 6.45) is 0. The van der Waals surface area contributed by atoms with Crippen LogP contribution >= 0.6 is 12.2 Å². The predicted molar refractivity (Wildman–Crippen MR) is 102 cm³/mol. The van der Waals surface area contributed by atoms with Gasteiger partial charge >= 0.3 is 0 Å². The minimum atomic E-state index is -0.308. The van der Waals surface area contributed by atoms with Crippen LogP contribution in [0.2, 0.25) is 0 Å². The second-order valence-corrected chi connectivity index (χ2v) is 6.00. The van der Waals surface area contributed by atoms with E-state index in [0.29, 0.717) is 29.6 Å². The van der Waals surface area contributed by atoms with E-state index in [1.165, 1.54) is 0 Å². The van der Waals surface area contributed by atoms with Crippen molar-refractivity contribution in [1.29, 1.82) is 0 Å². The smallest absolute Gasteiger partial charge is 0.261 e. The Labute approximate surface area is 153 Å². The molecular weight excluding hydrogens is 336 g/mol. The van der Waals surface area contributed by atoms with Crippen LogP contribution < -0.4 is 20.1 Å². The van der Waals surface area contributed by atoms with E-state index in [1.807, 2.05) is 50.2 Å². The highest BCUT2D eigenvalue weighted by atomic mass is 32.1. The fourth-order valence-corrected chi connectivity index (χ4v) is 2.41.